The minimum atomic E-state index is -3.62. The summed E-state index contributed by atoms with van der Waals surface area (Å²) < 4.78 is 26.9. The molecule has 0 saturated carbocycles. The smallest absolute Gasteiger partial charge is 0.261 e. The molecule has 3 nitrogen and oxygen atoms in total. The van der Waals surface area contributed by atoms with Crippen molar-refractivity contribution in [3.05, 3.63) is 29.8 Å². The normalized spacial score (nSPS) is 13.9. The van der Waals surface area contributed by atoms with Gasteiger partial charge in [0.25, 0.3) is 9.05 Å². The molecule has 0 spiro atoms. The molecular weight excluding hydrogens is 224 g/mol. The molecule has 0 heterocycles. The largest absolute Gasteiger partial charge is 0.377 e. The van der Waals surface area contributed by atoms with E-state index in [4.69, 9.17) is 15.4 Å². The van der Waals surface area contributed by atoms with E-state index in [2.05, 4.69) is 0 Å². The molecule has 5 heteroatoms. The Hall–Kier alpha value is -0.580. The van der Waals surface area contributed by atoms with Crippen molar-refractivity contribution in [3.8, 4) is 0 Å². The molecule has 0 saturated heterocycles. The van der Waals surface area contributed by atoms with Crippen LogP contribution in [0, 0.1) is 0 Å². The molecule has 0 radical (unpaired) electrons. The van der Waals surface area contributed by atoms with Crippen LogP contribution in [0.1, 0.15) is 18.6 Å². The maximum absolute atomic E-state index is 10.9. The van der Waals surface area contributed by atoms with Crippen molar-refractivity contribution in [2.24, 2.45) is 0 Å². The van der Waals surface area contributed by atoms with E-state index in [0.717, 1.165) is 5.56 Å². The lowest BCUT2D eigenvalue weighted by molar-refractivity contribution is 0.119. The molecule has 0 aliphatic rings. The van der Waals surface area contributed by atoms with Gasteiger partial charge in [0.2, 0.25) is 0 Å². The van der Waals surface area contributed by atoms with Crippen molar-refractivity contribution in [2.45, 2.75) is 17.9 Å². The molecule has 0 bridgehead atoms. The van der Waals surface area contributed by atoms with Gasteiger partial charge in [-0.05, 0) is 24.6 Å². The van der Waals surface area contributed by atoms with E-state index in [9.17, 15) is 8.42 Å². The number of halogens is 1. The highest BCUT2D eigenvalue weighted by Crippen LogP contribution is 2.20. The van der Waals surface area contributed by atoms with Gasteiger partial charge in [-0.2, -0.15) is 0 Å². The van der Waals surface area contributed by atoms with Gasteiger partial charge in [-0.25, -0.2) is 8.42 Å². The summed E-state index contributed by atoms with van der Waals surface area (Å²) in [5.41, 5.74) is 0.913. The monoisotopic (exact) mass is 234 g/mol. The number of methoxy groups -OCH3 is 1. The third-order valence-electron chi connectivity index (χ3n) is 1.98. The average Bonchev–Trinajstić information content (AvgIpc) is 2.15. The molecular formula is C9H11ClO3S. The average molecular weight is 235 g/mol. The van der Waals surface area contributed by atoms with Crippen molar-refractivity contribution in [1.82, 2.24) is 0 Å². The zero-order valence-corrected chi connectivity index (χ0v) is 9.47. The molecule has 1 aromatic carbocycles. The summed E-state index contributed by atoms with van der Waals surface area (Å²) in [5.74, 6) is 0. The van der Waals surface area contributed by atoms with Crippen LogP contribution < -0.4 is 0 Å². The molecule has 0 N–H and O–H groups in total. The molecule has 0 aromatic heterocycles. The first-order valence-corrected chi connectivity index (χ1v) is 6.33. The molecule has 0 aliphatic carbocycles. The van der Waals surface area contributed by atoms with Gasteiger partial charge in [-0.15, -0.1) is 0 Å². The first-order valence-electron chi connectivity index (χ1n) is 4.02. The maximum atomic E-state index is 10.9. The SMILES string of the molecule is COC(C)c1ccc(S(=O)(=O)Cl)cc1. The Morgan fingerprint density at radius 1 is 1.29 bits per heavy atom. The molecule has 78 valence electrons. The van der Waals surface area contributed by atoms with Crippen molar-refractivity contribution in [3.63, 3.8) is 0 Å². The molecule has 1 unspecified atom stereocenters. The second-order valence-corrected chi connectivity index (χ2v) is 5.45. The molecule has 0 amide bonds. The van der Waals surface area contributed by atoms with Crippen LogP contribution in [0.5, 0.6) is 0 Å². The van der Waals surface area contributed by atoms with Gasteiger partial charge in [-0.1, -0.05) is 12.1 Å². The van der Waals surface area contributed by atoms with Gasteiger partial charge in [0.1, 0.15) is 0 Å². The molecule has 0 fully saturated rings. The Kier molecular flexibility index (Phi) is 3.53. The molecule has 1 rings (SSSR count). The Bertz CT molecular complexity index is 397. The predicted octanol–water partition coefficient (Wildman–Crippen LogP) is 2.32. The van der Waals surface area contributed by atoms with Crippen LogP contribution in [0.15, 0.2) is 29.2 Å². The topological polar surface area (TPSA) is 43.4 Å². The summed E-state index contributed by atoms with van der Waals surface area (Å²) in [7, 11) is 3.14. The summed E-state index contributed by atoms with van der Waals surface area (Å²) in [6.07, 6.45) is -0.0536. The number of benzene rings is 1. The van der Waals surface area contributed by atoms with E-state index in [1.54, 1.807) is 19.2 Å². The Labute approximate surface area is 88.1 Å². The lowest BCUT2D eigenvalue weighted by atomic mass is 10.1. The lowest BCUT2D eigenvalue weighted by Crippen LogP contribution is -1.97. The van der Waals surface area contributed by atoms with E-state index >= 15 is 0 Å². The number of hydrogen-bond donors (Lipinski definition) is 0. The Morgan fingerprint density at radius 2 is 1.79 bits per heavy atom. The quantitative estimate of drug-likeness (QED) is 0.754. The minimum Gasteiger partial charge on any atom is -0.377 e. The van der Waals surface area contributed by atoms with Crippen LogP contribution in [0.3, 0.4) is 0 Å². The summed E-state index contributed by atoms with van der Waals surface area (Å²) in [4.78, 5) is 0.103. The third kappa shape index (κ3) is 2.70. The van der Waals surface area contributed by atoms with Crippen LogP contribution in [0.4, 0.5) is 0 Å². The fourth-order valence-electron chi connectivity index (χ4n) is 1.04. The van der Waals surface area contributed by atoms with Gasteiger partial charge in [-0.3, -0.25) is 0 Å². The van der Waals surface area contributed by atoms with E-state index in [-0.39, 0.29) is 11.0 Å². The van der Waals surface area contributed by atoms with Crippen molar-refractivity contribution >= 4 is 19.7 Å². The standard InChI is InChI=1S/C9H11ClO3S/c1-7(13-2)8-3-5-9(6-4-8)14(10,11)12/h3-7H,1-2H3. The van der Waals surface area contributed by atoms with Crippen LogP contribution in [0.2, 0.25) is 0 Å². The number of rotatable bonds is 3. The fourth-order valence-corrected chi connectivity index (χ4v) is 1.81. The van der Waals surface area contributed by atoms with Crippen molar-refractivity contribution < 1.29 is 13.2 Å². The minimum absolute atomic E-state index is 0.0536. The van der Waals surface area contributed by atoms with Gasteiger partial charge >= 0.3 is 0 Å². The lowest BCUT2D eigenvalue weighted by Gasteiger charge is -2.09. The molecule has 0 aliphatic heterocycles. The van der Waals surface area contributed by atoms with Gasteiger partial charge in [0, 0.05) is 17.8 Å². The molecule has 1 atom stereocenters. The summed E-state index contributed by atoms with van der Waals surface area (Å²) in [5, 5.41) is 0. The highest BCUT2D eigenvalue weighted by atomic mass is 35.7. The van der Waals surface area contributed by atoms with Gasteiger partial charge < -0.3 is 4.74 Å². The highest BCUT2D eigenvalue weighted by Gasteiger charge is 2.10. The zero-order valence-electron chi connectivity index (χ0n) is 7.90. The predicted molar refractivity (Wildman–Crippen MR) is 54.9 cm³/mol. The van der Waals surface area contributed by atoms with E-state index < -0.39 is 9.05 Å². The van der Waals surface area contributed by atoms with Gasteiger partial charge in [0.05, 0.1) is 11.0 Å². The Balaban J connectivity index is 3.01. The van der Waals surface area contributed by atoms with Crippen LogP contribution >= 0.6 is 10.7 Å². The maximum Gasteiger partial charge on any atom is 0.261 e. The summed E-state index contributed by atoms with van der Waals surface area (Å²) in [6, 6.07) is 6.30. The van der Waals surface area contributed by atoms with Crippen molar-refractivity contribution in [2.75, 3.05) is 7.11 Å². The summed E-state index contributed by atoms with van der Waals surface area (Å²) >= 11 is 0. The molecule has 14 heavy (non-hydrogen) atoms. The van der Waals surface area contributed by atoms with Crippen LogP contribution in [-0.2, 0) is 13.8 Å². The Morgan fingerprint density at radius 3 is 2.14 bits per heavy atom. The van der Waals surface area contributed by atoms with Crippen LogP contribution in [0.25, 0.3) is 0 Å². The van der Waals surface area contributed by atoms with Crippen molar-refractivity contribution in [1.29, 1.82) is 0 Å². The second kappa shape index (κ2) is 4.29. The zero-order chi connectivity index (χ0) is 10.8. The van der Waals surface area contributed by atoms with E-state index in [0.29, 0.717) is 0 Å². The van der Waals surface area contributed by atoms with E-state index in [1.165, 1.54) is 12.1 Å². The fraction of sp³-hybridized carbons (Fsp3) is 0.333. The first-order chi connectivity index (χ1) is 6.45. The van der Waals surface area contributed by atoms with Gasteiger partial charge in [0.15, 0.2) is 0 Å². The second-order valence-electron chi connectivity index (χ2n) is 2.88. The summed E-state index contributed by atoms with van der Waals surface area (Å²) in [6.45, 7) is 1.88. The third-order valence-corrected chi connectivity index (χ3v) is 3.35. The highest BCUT2D eigenvalue weighted by molar-refractivity contribution is 8.13. The van der Waals surface area contributed by atoms with Crippen LogP contribution in [-0.4, -0.2) is 15.5 Å². The first kappa shape index (κ1) is 11.5. The number of hydrogen-bond acceptors (Lipinski definition) is 3. The van der Waals surface area contributed by atoms with E-state index in [1.807, 2.05) is 6.92 Å². The molecule has 1 aromatic rings. The number of ether oxygens (including phenoxy) is 1.